The second-order valence-electron chi connectivity index (χ2n) is 2.79. The van der Waals surface area contributed by atoms with Gasteiger partial charge in [-0.2, -0.15) is 5.10 Å². The predicted molar refractivity (Wildman–Crippen MR) is 47.3 cm³/mol. The normalized spacial score (nSPS) is 12.9. The number of likely N-dealkylation sites (N-methyl/N-ethyl adjacent to an activating group) is 1. The maximum Gasteiger partial charge on any atom is 0.156 e. The van der Waals surface area contributed by atoms with Crippen molar-refractivity contribution in [3.05, 3.63) is 12.4 Å². The summed E-state index contributed by atoms with van der Waals surface area (Å²) in [5.74, 6) is 0.804. The molecule has 1 aromatic rings. The Morgan fingerprint density at radius 2 is 2.50 bits per heavy atom. The van der Waals surface area contributed by atoms with Crippen LogP contribution in [0.5, 0.6) is 5.75 Å². The number of hydrogen-bond acceptors (Lipinski definition) is 3. The Balaban J connectivity index is 2.52. The van der Waals surface area contributed by atoms with E-state index < -0.39 is 0 Å². The van der Waals surface area contributed by atoms with Crippen LogP contribution in [0.1, 0.15) is 6.92 Å². The van der Waals surface area contributed by atoms with Gasteiger partial charge in [-0.05, 0) is 14.0 Å². The molecule has 0 saturated carbocycles. The summed E-state index contributed by atoms with van der Waals surface area (Å²) < 4.78 is 6.87. The highest BCUT2D eigenvalue weighted by molar-refractivity contribution is 5.11. The molecule has 0 spiro atoms. The first-order valence-corrected chi connectivity index (χ1v) is 4.00. The first kappa shape index (κ1) is 9.06. The van der Waals surface area contributed by atoms with Gasteiger partial charge in [0, 0.05) is 6.04 Å². The van der Waals surface area contributed by atoms with Gasteiger partial charge in [-0.15, -0.1) is 0 Å². The summed E-state index contributed by atoms with van der Waals surface area (Å²) in [5.41, 5.74) is 0. The molecule has 0 aliphatic rings. The van der Waals surface area contributed by atoms with Crippen molar-refractivity contribution in [2.75, 3.05) is 14.2 Å². The maximum absolute atomic E-state index is 5.01. The van der Waals surface area contributed by atoms with Gasteiger partial charge < -0.3 is 10.1 Å². The van der Waals surface area contributed by atoms with Crippen molar-refractivity contribution in [3.63, 3.8) is 0 Å². The Morgan fingerprint density at radius 3 is 3.00 bits per heavy atom. The summed E-state index contributed by atoms with van der Waals surface area (Å²) >= 11 is 0. The van der Waals surface area contributed by atoms with Gasteiger partial charge in [0.15, 0.2) is 5.75 Å². The van der Waals surface area contributed by atoms with E-state index in [1.54, 1.807) is 13.3 Å². The van der Waals surface area contributed by atoms with E-state index in [2.05, 4.69) is 17.3 Å². The van der Waals surface area contributed by atoms with E-state index in [4.69, 9.17) is 4.74 Å². The van der Waals surface area contributed by atoms with Crippen molar-refractivity contribution in [2.45, 2.75) is 19.5 Å². The highest BCUT2D eigenvalue weighted by Crippen LogP contribution is 2.06. The van der Waals surface area contributed by atoms with Crippen LogP contribution in [0.2, 0.25) is 0 Å². The molecular weight excluding hydrogens is 154 g/mol. The number of nitrogens with zero attached hydrogens (tertiary/aromatic N) is 2. The molecule has 4 nitrogen and oxygen atoms in total. The van der Waals surface area contributed by atoms with Gasteiger partial charge in [0.25, 0.3) is 0 Å². The third-order valence-electron chi connectivity index (χ3n) is 1.80. The summed E-state index contributed by atoms with van der Waals surface area (Å²) in [7, 11) is 3.58. The molecule has 0 aromatic carbocycles. The van der Waals surface area contributed by atoms with Gasteiger partial charge >= 0.3 is 0 Å². The van der Waals surface area contributed by atoms with Crippen LogP contribution in [0.4, 0.5) is 0 Å². The molecular formula is C8H15N3O. The van der Waals surface area contributed by atoms with Crippen LogP contribution in [-0.2, 0) is 6.54 Å². The van der Waals surface area contributed by atoms with Gasteiger partial charge in [-0.3, -0.25) is 4.68 Å². The van der Waals surface area contributed by atoms with Crippen molar-refractivity contribution >= 4 is 0 Å². The summed E-state index contributed by atoms with van der Waals surface area (Å²) in [6, 6.07) is 0.426. The Bertz CT molecular complexity index is 234. The standard InChI is InChI=1S/C8H15N3O/c1-7(9-2)5-11-6-8(12-3)4-10-11/h4,6-7,9H,5H2,1-3H3. The molecule has 0 aliphatic heterocycles. The van der Waals surface area contributed by atoms with Crippen molar-refractivity contribution in [3.8, 4) is 5.75 Å². The van der Waals surface area contributed by atoms with E-state index in [1.165, 1.54) is 0 Å². The number of methoxy groups -OCH3 is 1. The van der Waals surface area contributed by atoms with Gasteiger partial charge in [0.2, 0.25) is 0 Å². The average molecular weight is 169 g/mol. The zero-order chi connectivity index (χ0) is 8.97. The first-order valence-electron chi connectivity index (χ1n) is 4.00. The highest BCUT2D eigenvalue weighted by Gasteiger charge is 2.01. The molecule has 0 saturated heterocycles. The minimum absolute atomic E-state index is 0.426. The molecule has 0 amide bonds. The molecule has 1 unspecified atom stereocenters. The number of rotatable bonds is 4. The summed E-state index contributed by atoms with van der Waals surface area (Å²) in [6.07, 6.45) is 3.59. The van der Waals surface area contributed by atoms with Gasteiger partial charge in [0.1, 0.15) is 0 Å². The fourth-order valence-corrected chi connectivity index (χ4v) is 0.922. The second-order valence-corrected chi connectivity index (χ2v) is 2.79. The Hall–Kier alpha value is -1.03. The monoisotopic (exact) mass is 169 g/mol. The second kappa shape index (κ2) is 4.11. The SMILES string of the molecule is CNC(C)Cn1cc(OC)cn1. The molecule has 4 heteroatoms. The largest absolute Gasteiger partial charge is 0.493 e. The molecule has 0 aliphatic carbocycles. The van der Waals surface area contributed by atoms with Gasteiger partial charge in [-0.25, -0.2) is 0 Å². The maximum atomic E-state index is 5.01. The van der Waals surface area contributed by atoms with Crippen LogP contribution >= 0.6 is 0 Å². The summed E-state index contributed by atoms with van der Waals surface area (Å²) in [5, 5.41) is 7.27. The average Bonchev–Trinajstić information content (AvgIpc) is 2.52. The molecule has 0 fully saturated rings. The van der Waals surface area contributed by atoms with Crippen molar-refractivity contribution in [1.29, 1.82) is 0 Å². The zero-order valence-corrected chi connectivity index (χ0v) is 7.74. The van der Waals surface area contributed by atoms with E-state index >= 15 is 0 Å². The van der Waals surface area contributed by atoms with Crippen molar-refractivity contribution < 1.29 is 4.74 Å². The number of ether oxygens (including phenoxy) is 1. The van der Waals surface area contributed by atoms with Crippen molar-refractivity contribution in [1.82, 2.24) is 15.1 Å². The molecule has 0 radical (unpaired) electrons. The van der Waals surface area contributed by atoms with E-state index in [0.717, 1.165) is 12.3 Å². The number of nitrogens with one attached hydrogen (secondary N) is 1. The summed E-state index contributed by atoms with van der Waals surface area (Å²) in [4.78, 5) is 0. The Morgan fingerprint density at radius 1 is 1.75 bits per heavy atom. The highest BCUT2D eigenvalue weighted by atomic mass is 16.5. The molecule has 12 heavy (non-hydrogen) atoms. The smallest absolute Gasteiger partial charge is 0.156 e. The third kappa shape index (κ3) is 2.23. The predicted octanol–water partition coefficient (Wildman–Crippen LogP) is 0.500. The zero-order valence-electron chi connectivity index (χ0n) is 7.74. The van der Waals surface area contributed by atoms with E-state index in [0.29, 0.717) is 6.04 Å². The minimum Gasteiger partial charge on any atom is -0.493 e. The topological polar surface area (TPSA) is 39.1 Å². The van der Waals surface area contributed by atoms with E-state index in [1.807, 2.05) is 17.9 Å². The molecule has 1 rings (SSSR count). The van der Waals surface area contributed by atoms with Gasteiger partial charge in [0.05, 0.1) is 26.0 Å². The van der Waals surface area contributed by atoms with Crippen LogP contribution in [0.3, 0.4) is 0 Å². The fourth-order valence-electron chi connectivity index (χ4n) is 0.922. The molecule has 68 valence electrons. The lowest BCUT2D eigenvalue weighted by molar-refractivity contribution is 0.412. The van der Waals surface area contributed by atoms with Crippen LogP contribution in [0.15, 0.2) is 12.4 Å². The van der Waals surface area contributed by atoms with Crippen molar-refractivity contribution in [2.24, 2.45) is 0 Å². The van der Waals surface area contributed by atoms with Gasteiger partial charge in [-0.1, -0.05) is 0 Å². The number of hydrogen-bond donors (Lipinski definition) is 1. The minimum atomic E-state index is 0.426. The van der Waals surface area contributed by atoms with E-state index in [-0.39, 0.29) is 0 Å². The number of aromatic nitrogens is 2. The molecule has 1 aromatic heterocycles. The Labute approximate surface area is 72.5 Å². The van der Waals surface area contributed by atoms with Crippen LogP contribution in [0, 0.1) is 0 Å². The van der Waals surface area contributed by atoms with Crippen LogP contribution < -0.4 is 10.1 Å². The van der Waals surface area contributed by atoms with Crippen LogP contribution in [-0.4, -0.2) is 30.0 Å². The quantitative estimate of drug-likeness (QED) is 0.713. The van der Waals surface area contributed by atoms with E-state index in [9.17, 15) is 0 Å². The fraction of sp³-hybridized carbons (Fsp3) is 0.625. The first-order chi connectivity index (χ1) is 5.76. The molecule has 1 atom stereocenters. The summed E-state index contributed by atoms with van der Waals surface area (Å²) in [6.45, 7) is 2.97. The lowest BCUT2D eigenvalue weighted by Crippen LogP contribution is -2.26. The lowest BCUT2D eigenvalue weighted by atomic mass is 10.3. The molecule has 1 N–H and O–H groups in total. The third-order valence-corrected chi connectivity index (χ3v) is 1.80. The molecule has 0 bridgehead atoms. The lowest BCUT2D eigenvalue weighted by Gasteiger charge is -2.08. The Kier molecular flexibility index (Phi) is 3.10. The molecule has 1 heterocycles. The van der Waals surface area contributed by atoms with Crippen LogP contribution in [0.25, 0.3) is 0 Å².